The number of rotatable bonds is 2. The Labute approximate surface area is 173 Å². The SMILES string of the molecule is C[C@H]1CC(C)(C)C[C@@]2(C1)NC(=O)N(CC(=O)N=c1sc3ccccc3n1C)C2=O. The van der Waals surface area contributed by atoms with E-state index in [0.29, 0.717) is 23.6 Å². The molecule has 4 amide bonds. The molecule has 0 bridgehead atoms. The number of thiazole rings is 1. The van der Waals surface area contributed by atoms with Crippen molar-refractivity contribution in [3.63, 3.8) is 0 Å². The van der Waals surface area contributed by atoms with Gasteiger partial charge in [0.25, 0.3) is 11.8 Å². The minimum Gasteiger partial charge on any atom is -0.323 e. The summed E-state index contributed by atoms with van der Waals surface area (Å²) < 4.78 is 2.87. The predicted molar refractivity (Wildman–Crippen MR) is 111 cm³/mol. The molecule has 1 saturated carbocycles. The number of amides is 4. The first-order chi connectivity index (χ1) is 13.6. The van der Waals surface area contributed by atoms with Crippen LogP contribution in [0.4, 0.5) is 4.79 Å². The van der Waals surface area contributed by atoms with Crippen LogP contribution in [0.25, 0.3) is 10.2 Å². The maximum Gasteiger partial charge on any atom is 0.325 e. The molecule has 2 aromatic rings. The number of benzene rings is 1. The average molecular weight is 415 g/mol. The number of urea groups is 1. The van der Waals surface area contributed by atoms with E-state index in [0.717, 1.165) is 21.5 Å². The van der Waals surface area contributed by atoms with Crippen molar-refractivity contribution in [1.82, 2.24) is 14.8 Å². The molecule has 2 aliphatic rings. The number of fused-ring (bicyclic) bond motifs is 1. The van der Waals surface area contributed by atoms with Crippen molar-refractivity contribution >= 4 is 39.4 Å². The number of nitrogens with one attached hydrogen (secondary N) is 1. The highest BCUT2D eigenvalue weighted by molar-refractivity contribution is 7.16. The van der Waals surface area contributed by atoms with Crippen LogP contribution < -0.4 is 10.1 Å². The molecule has 1 aromatic carbocycles. The van der Waals surface area contributed by atoms with Gasteiger partial charge in [-0.1, -0.05) is 44.2 Å². The second kappa shape index (κ2) is 6.79. The first-order valence-corrected chi connectivity index (χ1v) is 10.7. The summed E-state index contributed by atoms with van der Waals surface area (Å²) in [5.41, 5.74) is 0.0350. The lowest BCUT2D eigenvalue weighted by molar-refractivity contribution is -0.137. The van der Waals surface area contributed by atoms with Crippen molar-refractivity contribution in [2.24, 2.45) is 23.4 Å². The number of nitrogens with zero attached hydrogens (tertiary/aromatic N) is 3. The van der Waals surface area contributed by atoms with E-state index in [1.54, 1.807) is 0 Å². The molecule has 2 atom stereocenters. The average Bonchev–Trinajstić information content (AvgIpc) is 3.03. The summed E-state index contributed by atoms with van der Waals surface area (Å²) in [7, 11) is 1.85. The maximum absolute atomic E-state index is 13.2. The summed E-state index contributed by atoms with van der Waals surface area (Å²) in [6, 6.07) is 7.30. The molecule has 4 rings (SSSR count). The Hall–Kier alpha value is -2.48. The van der Waals surface area contributed by atoms with Crippen molar-refractivity contribution in [1.29, 1.82) is 0 Å². The molecule has 2 heterocycles. The molecular weight excluding hydrogens is 388 g/mol. The largest absolute Gasteiger partial charge is 0.325 e. The van der Waals surface area contributed by atoms with E-state index < -0.39 is 17.5 Å². The van der Waals surface area contributed by atoms with Gasteiger partial charge in [0.2, 0.25) is 0 Å². The number of aryl methyl sites for hydroxylation is 1. The first-order valence-electron chi connectivity index (χ1n) is 9.86. The fourth-order valence-electron chi connectivity index (χ4n) is 5.12. The van der Waals surface area contributed by atoms with Gasteiger partial charge in [-0.15, -0.1) is 0 Å². The third-order valence-electron chi connectivity index (χ3n) is 5.85. The summed E-state index contributed by atoms with van der Waals surface area (Å²) in [5, 5.41) is 2.90. The number of para-hydroxylation sites is 1. The molecule has 1 aliphatic carbocycles. The van der Waals surface area contributed by atoms with Gasteiger partial charge in [0.15, 0.2) is 4.80 Å². The van der Waals surface area contributed by atoms with Crippen molar-refractivity contribution in [3.05, 3.63) is 29.1 Å². The summed E-state index contributed by atoms with van der Waals surface area (Å²) >= 11 is 1.40. The Balaban J connectivity index is 1.58. The minimum atomic E-state index is -0.902. The molecular formula is C21H26N4O3S. The van der Waals surface area contributed by atoms with Crippen LogP contribution in [0.15, 0.2) is 29.3 Å². The molecule has 1 aliphatic heterocycles. The Kier molecular flexibility index (Phi) is 4.64. The molecule has 1 saturated heterocycles. The number of hydrogen-bond acceptors (Lipinski definition) is 4. The van der Waals surface area contributed by atoms with E-state index in [2.05, 4.69) is 31.1 Å². The molecule has 7 nitrogen and oxygen atoms in total. The van der Waals surface area contributed by atoms with Crippen LogP contribution in [0.3, 0.4) is 0 Å². The van der Waals surface area contributed by atoms with Crippen molar-refractivity contribution < 1.29 is 14.4 Å². The standard InChI is InChI=1S/C21H26N4O3S/c1-13-9-20(2,3)12-21(10-13)17(27)25(18(28)23-21)11-16(26)22-19-24(4)14-7-5-6-8-15(14)29-19/h5-8,13H,9-12H2,1-4H3,(H,23,28)/t13-,21+/m0/s1. The van der Waals surface area contributed by atoms with Crippen molar-refractivity contribution in [3.8, 4) is 0 Å². The van der Waals surface area contributed by atoms with Crippen LogP contribution in [0, 0.1) is 11.3 Å². The number of carbonyl (C=O) groups is 3. The Morgan fingerprint density at radius 2 is 2.00 bits per heavy atom. The number of aromatic nitrogens is 1. The van der Waals surface area contributed by atoms with Gasteiger partial charge in [0, 0.05) is 7.05 Å². The lowest BCUT2D eigenvalue weighted by Gasteiger charge is -2.43. The summed E-state index contributed by atoms with van der Waals surface area (Å²) in [6.45, 7) is 6.01. The molecule has 1 aromatic heterocycles. The van der Waals surface area contributed by atoms with E-state index in [1.807, 2.05) is 35.9 Å². The van der Waals surface area contributed by atoms with E-state index >= 15 is 0 Å². The van der Waals surface area contributed by atoms with Gasteiger partial charge < -0.3 is 9.88 Å². The van der Waals surface area contributed by atoms with E-state index in [-0.39, 0.29) is 17.9 Å². The highest BCUT2D eigenvalue weighted by atomic mass is 32.1. The summed E-state index contributed by atoms with van der Waals surface area (Å²) in [4.78, 5) is 44.1. The fraction of sp³-hybridized carbons (Fsp3) is 0.524. The number of carbonyl (C=O) groups excluding carboxylic acids is 3. The highest BCUT2D eigenvalue weighted by Gasteiger charge is 2.56. The lowest BCUT2D eigenvalue weighted by Crippen LogP contribution is -2.54. The van der Waals surface area contributed by atoms with E-state index in [1.165, 1.54) is 11.3 Å². The van der Waals surface area contributed by atoms with Crippen LogP contribution in [-0.2, 0) is 16.6 Å². The zero-order chi connectivity index (χ0) is 21.0. The maximum atomic E-state index is 13.2. The monoisotopic (exact) mass is 414 g/mol. The highest BCUT2D eigenvalue weighted by Crippen LogP contribution is 2.46. The summed E-state index contributed by atoms with van der Waals surface area (Å²) in [5.74, 6) is -0.483. The molecule has 2 fully saturated rings. The fourth-order valence-corrected chi connectivity index (χ4v) is 6.15. The van der Waals surface area contributed by atoms with Crippen LogP contribution in [0.5, 0.6) is 0 Å². The normalized spacial score (nSPS) is 27.1. The second-order valence-electron chi connectivity index (χ2n) is 9.17. The zero-order valence-electron chi connectivity index (χ0n) is 17.2. The molecule has 154 valence electrons. The molecule has 29 heavy (non-hydrogen) atoms. The van der Waals surface area contributed by atoms with Gasteiger partial charge >= 0.3 is 6.03 Å². The van der Waals surface area contributed by atoms with E-state index in [9.17, 15) is 14.4 Å². The van der Waals surface area contributed by atoms with Gasteiger partial charge in [-0.25, -0.2) is 4.79 Å². The second-order valence-corrected chi connectivity index (χ2v) is 10.2. The van der Waals surface area contributed by atoms with Crippen molar-refractivity contribution in [2.45, 2.75) is 45.6 Å². The van der Waals surface area contributed by atoms with Gasteiger partial charge in [0.1, 0.15) is 12.1 Å². The smallest absolute Gasteiger partial charge is 0.323 e. The molecule has 1 spiro atoms. The van der Waals surface area contributed by atoms with Gasteiger partial charge in [-0.05, 0) is 42.7 Å². The predicted octanol–water partition coefficient (Wildman–Crippen LogP) is 2.80. The lowest BCUT2D eigenvalue weighted by atomic mass is 9.64. The van der Waals surface area contributed by atoms with Crippen molar-refractivity contribution in [2.75, 3.05) is 6.54 Å². The topological polar surface area (TPSA) is 83.8 Å². The Morgan fingerprint density at radius 1 is 1.28 bits per heavy atom. The van der Waals surface area contributed by atoms with Gasteiger partial charge in [-0.3, -0.25) is 14.5 Å². The quantitative estimate of drug-likeness (QED) is 0.767. The number of hydrogen-bond donors (Lipinski definition) is 1. The number of imide groups is 1. The molecule has 0 radical (unpaired) electrons. The molecule has 1 N–H and O–H groups in total. The van der Waals surface area contributed by atoms with Gasteiger partial charge in [0.05, 0.1) is 10.2 Å². The zero-order valence-corrected chi connectivity index (χ0v) is 18.0. The molecule has 0 unspecified atom stereocenters. The molecule has 8 heteroatoms. The summed E-state index contributed by atoms with van der Waals surface area (Å²) in [6.07, 6.45) is 2.20. The first kappa shape index (κ1) is 19.8. The Morgan fingerprint density at radius 3 is 2.69 bits per heavy atom. The van der Waals surface area contributed by atoms with Crippen LogP contribution in [0.2, 0.25) is 0 Å². The Bertz CT molecular complexity index is 1080. The third-order valence-corrected chi connectivity index (χ3v) is 6.97. The van der Waals surface area contributed by atoms with E-state index in [4.69, 9.17) is 0 Å². The van der Waals surface area contributed by atoms with Gasteiger partial charge in [-0.2, -0.15) is 4.99 Å². The van der Waals surface area contributed by atoms with Crippen LogP contribution in [-0.4, -0.2) is 39.4 Å². The third kappa shape index (κ3) is 3.50. The van der Waals surface area contributed by atoms with Crippen LogP contribution >= 0.6 is 11.3 Å². The minimum absolute atomic E-state index is 0.0458. The van der Waals surface area contributed by atoms with Crippen LogP contribution in [0.1, 0.15) is 40.0 Å².